The maximum Gasteiger partial charge on any atom is 0.242 e. The number of benzene rings is 3. The topological polar surface area (TPSA) is 54.9 Å². The number of amides is 1. The molecule has 35 heavy (non-hydrogen) atoms. The van der Waals surface area contributed by atoms with E-state index in [0.29, 0.717) is 0 Å². The van der Waals surface area contributed by atoms with Gasteiger partial charge in [-0.1, -0.05) is 84.1 Å². The lowest BCUT2D eigenvalue weighted by Gasteiger charge is -2.18. The lowest BCUT2D eigenvalue weighted by Crippen LogP contribution is -2.19. The lowest BCUT2D eigenvalue weighted by molar-refractivity contribution is -0.115. The van der Waals surface area contributed by atoms with Crippen LogP contribution in [-0.4, -0.2) is 15.9 Å². The highest BCUT2D eigenvalue weighted by molar-refractivity contribution is 8.00. The molecule has 0 fully saturated rings. The van der Waals surface area contributed by atoms with Crippen LogP contribution in [0.4, 0.5) is 5.69 Å². The average molecular weight is 496 g/mol. The minimum Gasteiger partial charge on any atom is -0.325 e. The van der Waals surface area contributed by atoms with E-state index in [2.05, 4.69) is 57.9 Å². The third kappa shape index (κ3) is 4.99. The number of aryl methyl sites for hydroxylation is 3. The van der Waals surface area contributed by atoms with Gasteiger partial charge in [0.2, 0.25) is 5.91 Å². The van der Waals surface area contributed by atoms with Gasteiger partial charge < -0.3 is 5.32 Å². The predicted octanol–water partition coefficient (Wildman–Crippen LogP) is 7.76. The molecule has 1 amide bonds. The molecule has 0 unspecified atom stereocenters. The van der Waals surface area contributed by atoms with Crippen LogP contribution in [0.15, 0.2) is 89.5 Å². The highest BCUT2D eigenvalue weighted by Gasteiger charge is 2.25. The maximum absolute atomic E-state index is 13.7. The fraction of sp³-hybridized carbons (Fsp3) is 0.138. The van der Waals surface area contributed by atoms with E-state index in [0.717, 1.165) is 48.7 Å². The summed E-state index contributed by atoms with van der Waals surface area (Å²) in [4.78, 5) is 23.8. The zero-order chi connectivity index (χ0) is 24.4. The van der Waals surface area contributed by atoms with Crippen molar-refractivity contribution >= 4 is 44.9 Å². The molecule has 0 aliphatic carbocycles. The van der Waals surface area contributed by atoms with Crippen LogP contribution in [0, 0.1) is 20.8 Å². The summed E-state index contributed by atoms with van der Waals surface area (Å²) in [5, 5.41) is 6.61. The second-order valence-electron chi connectivity index (χ2n) is 8.59. The number of carbonyl (C=O) groups excluding carboxylic acids is 1. The number of anilines is 1. The molecule has 0 aliphatic rings. The molecule has 1 atom stereocenters. The number of thioether (sulfide) groups is 1. The van der Waals surface area contributed by atoms with Gasteiger partial charge in [0.05, 0.1) is 5.39 Å². The first kappa shape index (κ1) is 23.3. The number of carbonyl (C=O) groups is 1. The summed E-state index contributed by atoms with van der Waals surface area (Å²) in [6.07, 6.45) is 1.59. The monoisotopic (exact) mass is 495 g/mol. The van der Waals surface area contributed by atoms with Gasteiger partial charge in [-0.05, 0) is 49.1 Å². The molecule has 1 N–H and O–H groups in total. The van der Waals surface area contributed by atoms with E-state index >= 15 is 0 Å². The van der Waals surface area contributed by atoms with Crippen LogP contribution in [0.1, 0.15) is 27.5 Å². The fourth-order valence-electron chi connectivity index (χ4n) is 3.96. The molecule has 0 bridgehead atoms. The predicted molar refractivity (Wildman–Crippen MR) is 147 cm³/mol. The summed E-state index contributed by atoms with van der Waals surface area (Å²) < 4.78 is 0. The molecule has 0 saturated heterocycles. The second kappa shape index (κ2) is 10.0. The van der Waals surface area contributed by atoms with Crippen molar-refractivity contribution < 1.29 is 4.79 Å². The molecule has 5 rings (SSSR count). The van der Waals surface area contributed by atoms with Gasteiger partial charge in [-0.3, -0.25) is 4.79 Å². The zero-order valence-electron chi connectivity index (χ0n) is 19.8. The van der Waals surface area contributed by atoms with Crippen LogP contribution in [0.3, 0.4) is 0 Å². The molecular formula is C29H25N3OS2. The third-order valence-electron chi connectivity index (χ3n) is 5.92. The van der Waals surface area contributed by atoms with E-state index in [1.807, 2.05) is 56.3 Å². The van der Waals surface area contributed by atoms with Gasteiger partial charge in [0.25, 0.3) is 0 Å². The van der Waals surface area contributed by atoms with Crippen molar-refractivity contribution in [1.29, 1.82) is 0 Å². The van der Waals surface area contributed by atoms with Gasteiger partial charge >= 0.3 is 0 Å². The summed E-state index contributed by atoms with van der Waals surface area (Å²) in [6, 6.07) is 24.4. The average Bonchev–Trinajstić information content (AvgIpc) is 3.31. The summed E-state index contributed by atoms with van der Waals surface area (Å²) in [5.41, 5.74) is 7.33. The van der Waals surface area contributed by atoms with E-state index in [9.17, 15) is 4.79 Å². The number of nitrogens with one attached hydrogen (secondary N) is 1. The van der Waals surface area contributed by atoms with E-state index in [1.54, 1.807) is 17.7 Å². The highest BCUT2D eigenvalue weighted by Crippen LogP contribution is 2.43. The highest BCUT2D eigenvalue weighted by atomic mass is 32.2. The molecule has 0 spiro atoms. The van der Waals surface area contributed by atoms with E-state index in [4.69, 9.17) is 0 Å². The summed E-state index contributed by atoms with van der Waals surface area (Å²) in [5.74, 6) is -0.0752. The Kier molecular flexibility index (Phi) is 6.66. The Labute approximate surface area is 213 Å². The smallest absolute Gasteiger partial charge is 0.242 e. The standard InChI is InChI=1S/C29H25N3OS2/c1-18-10-13-21(14-11-18)23-16-34-28-25(23)29(31-17-30-28)35-26(22-7-5-4-6-8-22)27(33)32-24-15-19(2)9-12-20(24)3/h4-17,26H,1-3H3,(H,32,33)/t26-/m0/s1. The number of thiophene rings is 1. The third-order valence-corrected chi connectivity index (χ3v) is 8.06. The zero-order valence-corrected chi connectivity index (χ0v) is 21.4. The van der Waals surface area contributed by atoms with E-state index in [-0.39, 0.29) is 5.91 Å². The number of rotatable bonds is 6. The van der Waals surface area contributed by atoms with E-state index < -0.39 is 5.25 Å². The molecule has 0 saturated carbocycles. The fourth-order valence-corrected chi connectivity index (χ4v) is 6.06. The molecule has 4 nitrogen and oxygen atoms in total. The Hall–Kier alpha value is -3.48. The Morgan fingerprint density at radius 3 is 2.43 bits per heavy atom. The maximum atomic E-state index is 13.7. The van der Waals surface area contributed by atoms with Gasteiger partial charge in [-0.2, -0.15) is 0 Å². The van der Waals surface area contributed by atoms with Crippen LogP contribution < -0.4 is 5.32 Å². The number of aromatic nitrogens is 2. The van der Waals surface area contributed by atoms with Crippen molar-refractivity contribution in [3.63, 3.8) is 0 Å². The van der Waals surface area contributed by atoms with Crippen molar-refractivity contribution in [3.05, 3.63) is 107 Å². The van der Waals surface area contributed by atoms with Gasteiger partial charge in [0.15, 0.2) is 0 Å². The van der Waals surface area contributed by atoms with E-state index in [1.165, 1.54) is 17.3 Å². The normalized spacial score (nSPS) is 12.0. The number of nitrogens with zero attached hydrogens (tertiary/aromatic N) is 2. The molecule has 174 valence electrons. The minimum absolute atomic E-state index is 0.0752. The van der Waals surface area contributed by atoms with Crippen molar-refractivity contribution in [2.75, 3.05) is 5.32 Å². The Morgan fingerprint density at radius 1 is 0.914 bits per heavy atom. The van der Waals surface area contributed by atoms with Crippen LogP contribution in [0.25, 0.3) is 21.3 Å². The molecule has 0 radical (unpaired) electrons. The summed E-state index contributed by atoms with van der Waals surface area (Å²) in [7, 11) is 0. The van der Waals surface area contributed by atoms with Crippen molar-refractivity contribution in [2.45, 2.75) is 31.0 Å². The van der Waals surface area contributed by atoms with Gasteiger partial charge in [0, 0.05) is 16.6 Å². The Morgan fingerprint density at radius 2 is 1.66 bits per heavy atom. The molecule has 6 heteroatoms. The molecule has 5 aromatic rings. The largest absolute Gasteiger partial charge is 0.325 e. The quantitative estimate of drug-likeness (QED) is 0.193. The van der Waals surface area contributed by atoms with Gasteiger partial charge in [-0.25, -0.2) is 9.97 Å². The first-order valence-corrected chi connectivity index (χ1v) is 13.1. The molecule has 2 heterocycles. The van der Waals surface area contributed by atoms with Crippen LogP contribution in [-0.2, 0) is 4.79 Å². The molecular weight excluding hydrogens is 470 g/mol. The van der Waals surface area contributed by atoms with Crippen molar-refractivity contribution in [1.82, 2.24) is 9.97 Å². The Bertz CT molecular complexity index is 1490. The van der Waals surface area contributed by atoms with Crippen molar-refractivity contribution in [2.24, 2.45) is 0 Å². The first-order valence-electron chi connectivity index (χ1n) is 11.4. The number of hydrogen-bond acceptors (Lipinski definition) is 5. The molecule has 3 aromatic carbocycles. The Balaban J connectivity index is 1.55. The first-order chi connectivity index (χ1) is 17.0. The summed E-state index contributed by atoms with van der Waals surface area (Å²) in [6.45, 7) is 6.12. The van der Waals surface area contributed by atoms with Crippen LogP contribution in [0.2, 0.25) is 0 Å². The molecule has 0 aliphatic heterocycles. The summed E-state index contributed by atoms with van der Waals surface area (Å²) >= 11 is 3.07. The number of fused-ring (bicyclic) bond motifs is 1. The lowest BCUT2D eigenvalue weighted by atomic mass is 10.1. The minimum atomic E-state index is -0.472. The van der Waals surface area contributed by atoms with Crippen LogP contribution in [0.5, 0.6) is 0 Å². The van der Waals surface area contributed by atoms with Gasteiger partial charge in [0.1, 0.15) is 21.4 Å². The van der Waals surface area contributed by atoms with Crippen molar-refractivity contribution in [3.8, 4) is 11.1 Å². The second-order valence-corrected chi connectivity index (χ2v) is 10.5. The van der Waals surface area contributed by atoms with Crippen LogP contribution >= 0.6 is 23.1 Å². The SMILES string of the molecule is Cc1ccc(-c2csc3ncnc(S[C@H](C(=O)Nc4cc(C)ccc4C)c4ccccc4)c23)cc1. The van der Waals surface area contributed by atoms with Gasteiger partial charge in [-0.15, -0.1) is 11.3 Å². The molecule has 2 aromatic heterocycles. The number of hydrogen-bond donors (Lipinski definition) is 1.